The first kappa shape index (κ1) is 21.6. The molecule has 3 rings (SSSR count). The number of rotatable bonds is 8. The maximum atomic E-state index is 12.7. The summed E-state index contributed by atoms with van der Waals surface area (Å²) in [6.45, 7) is 1.76. The Morgan fingerprint density at radius 3 is 2.48 bits per heavy atom. The normalized spacial score (nSPS) is 24.1. The van der Waals surface area contributed by atoms with Crippen molar-refractivity contribution >= 4 is 12.3 Å². The van der Waals surface area contributed by atoms with E-state index < -0.39 is 12.5 Å². The van der Waals surface area contributed by atoms with Crippen LogP contribution in [0.5, 0.6) is 5.75 Å². The zero-order valence-corrected chi connectivity index (χ0v) is 16.1. The summed E-state index contributed by atoms with van der Waals surface area (Å²) in [6, 6.07) is 5.90. The highest BCUT2D eigenvalue weighted by Gasteiger charge is 2.34. The van der Waals surface area contributed by atoms with E-state index in [0.717, 1.165) is 37.7 Å². The van der Waals surface area contributed by atoms with Gasteiger partial charge in [-0.2, -0.15) is 0 Å². The Hall–Kier alpha value is -2.09. The minimum atomic E-state index is -4.71. The predicted molar refractivity (Wildman–Crippen MR) is 99.4 cm³/mol. The van der Waals surface area contributed by atoms with Gasteiger partial charge in [0, 0.05) is 12.5 Å². The van der Waals surface area contributed by atoms with E-state index in [1.165, 1.54) is 12.1 Å². The van der Waals surface area contributed by atoms with Crippen molar-refractivity contribution in [2.45, 2.75) is 56.9 Å². The van der Waals surface area contributed by atoms with Gasteiger partial charge in [0.15, 0.2) is 11.9 Å². The van der Waals surface area contributed by atoms with Gasteiger partial charge in [-0.1, -0.05) is 25.0 Å². The quantitative estimate of drug-likeness (QED) is 0.654. The molecule has 2 aliphatic rings. The summed E-state index contributed by atoms with van der Waals surface area (Å²) < 4.78 is 46.0. The summed E-state index contributed by atoms with van der Waals surface area (Å²) in [5.41, 5.74) is 0.909. The molecule has 0 amide bonds. The number of halogens is 3. The molecule has 1 N–H and O–H groups in total. The molecule has 1 saturated carbocycles. The summed E-state index contributed by atoms with van der Waals surface area (Å²) in [7, 11) is 0. The molecule has 0 radical (unpaired) electrons. The van der Waals surface area contributed by atoms with Crippen LogP contribution in [0.1, 0.15) is 50.0 Å². The number of Topliss-reactive ketones (excluding diaryl/α,β-unsaturated/α-hetero) is 1. The molecule has 29 heavy (non-hydrogen) atoms. The fourth-order valence-corrected chi connectivity index (χ4v) is 4.49. The number of carbonyl (C=O) groups excluding carboxylic acids is 2. The van der Waals surface area contributed by atoms with Crippen molar-refractivity contribution in [2.75, 3.05) is 13.1 Å². The second kappa shape index (κ2) is 9.61. The first-order chi connectivity index (χ1) is 13.9. The number of hydrogen-bond donors (Lipinski definition) is 1. The van der Waals surface area contributed by atoms with Crippen molar-refractivity contribution in [3.8, 4) is 5.75 Å². The molecule has 160 valence electrons. The van der Waals surface area contributed by atoms with Crippen LogP contribution in [0.25, 0.3) is 0 Å². The van der Waals surface area contributed by atoms with Gasteiger partial charge in [-0.25, -0.2) is 0 Å². The lowest BCUT2D eigenvalue weighted by atomic mass is 9.81. The SMILES string of the molecule is O=COC(CC1CNCC(c2ccc(OC(F)(F)F)cc2)C1)C(=O)C1CCCC1. The molecule has 1 aromatic carbocycles. The van der Waals surface area contributed by atoms with Crippen molar-refractivity contribution in [1.82, 2.24) is 5.32 Å². The molecule has 0 aromatic heterocycles. The number of benzene rings is 1. The van der Waals surface area contributed by atoms with Gasteiger partial charge in [-0.15, -0.1) is 13.2 Å². The largest absolute Gasteiger partial charge is 0.573 e. The van der Waals surface area contributed by atoms with Gasteiger partial charge in [0.1, 0.15) is 5.75 Å². The molecule has 0 bridgehead atoms. The third-order valence-corrected chi connectivity index (χ3v) is 5.87. The lowest BCUT2D eigenvalue weighted by molar-refractivity contribution is -0.274. The highest BCUT2D eigenvalue weighted by Crippen LogP contribution is 2.33. The number of alkyl halides is 3. The van der Waals surface area contributed by atoms with Crippen LogP contribution in [-0.2, 0) is 14.3 Å². The molecule has 3 unspecified atom stereocenters. The van der Waals surface area contributed by atoms with E-state index in [9.17, 15) is 22.8 Å². The molecule has 1 aliphatic heterocycles. The molecule has 1 saturated heterocycles. The Labute approximate surface area is 167 Å². The number of ether oxygens (including phenoxy) is 2. The Kier molecular flexibility index (Phi) is 7.16. The van der Waals surface area contributed by atoms with E-state index in [0.29, 0.717) is 26.0 Å². The first-order valence-electron chi connectivity index (χ1n) is 10.0. The Morgan fingerprint density at radius 2 is 1.86 bits per heavy atom. The average Bonchev–Trinajstić information content (AvgIpc) is 3.21. The third-order valence-electron chi connectivity index (χ3n) is 5.87. The van der Waals surface area contributed by atoms with E-state index >= 15 is 0 Å². The van der Waals surface area contributed by atoms with Gasteiger partial charge in [-0.3, -0.25) is 9.59 Å². The molecule has 2 fully saturated rings. The van der Waals surface area contributed by atoms with E-state index in [2.05, 4.69) is 10.1 Å². The fraction of sp³-hybridized carbons (Fsp3) is 0.619. The summed E-state index contributed by atoms with van der Waals surface area (Å²) in [5, 5.41) is 3.33. The van der Waals surface area contributed by atoms with Crippen LogP contribution < -0.4 is 10.1 Å². The Balaban J connectivity index is 1.60. The number of nitrogens with one attached hydrogen (secondary N) is 1. The lowest BCUT2D eigenvalue weighted by Gasteiger charge is -2.32. The third kappa shape index (κ3) is 6.19. The second-order valence-electron chi connectivity index (χ2n) is 7.91. The molecule has 0 spiro atoms. The number of ketones is 1. The van der Waals surface area contributed by atoms with E-state index in [1.54, 1.807) is 12.1 Å². The highest BCUT2D eigenvalue weighted by atomic mass is 19.4. The van der Waals surface area contributed by atoms with Gasteiger partial charge < -0.3 is 14.8 Å². The number of carbonyl (C=O) groups is 2. The van der Waals surface area contributed by atoms with E-state index in [4.69, 9.17) is 4.74 Å². The molecular formula is C21H26F3NO4. The van der Waals surface area contributed by atoms with Crippen molar-refractivity contribution in [2.24, 2.45) is 11.8 Å². The molecule has 1 aliphatic carbocycles. The van der Waals surface area contributed by atoms with Crippen molar-refractivity contribution in [3.05, 3.63) is 29.8 Å². The molecular weight excluding hydrogens is 387 g/mol. The molecule has 5 nitrogen and oxygen atoms in total. The smallest absolute Gasteiger partial charge is 0.457 e. The molecule has 1 aromatic rings. The summed E-state index contributed by atoms with van der Waals surface area (Å²) in [4.78, 5) is 23.6. The van der Waals surface area contributed by atoms with Gasteiger partial charge in [-0.05, 0) is 61.8 Å². The van der Waals surface area contributed by atoms with Crippen LogP contribution >= 0.6 is 0 Å². The topological polar surface area (TPSA) is 64.6 Å². The minimum Gasteiger partial charge on any atom is -0.457 e. The zero-order valence-electron chi connectivity index (χ0n) is 16.1. The van der Waals surface area contributed by atoms with Gasteiger partial charge >= 0.3 is 6.36 Å². The maximum absolute atomic E-state index is 12.7. The van der Waals surface area contributed by atoms with Crippen molar-refractivity contribution < 1.29 is 32.2 Å². The van der Waals surface area contributed by atoms with Crippen LogP contribution in [0.3, 0.4) is 0 Å². The minimum absolute atomic E-state index is 0.0189. The van der Waals surface area contributed by atoms with Crippen LogP contribution in [0.4, 0.5) is 13.2 Å². The van der Waals surface area contributed by atoms with E-state index in [-0.39, 0.29) is 29.3 Å². The van der Waals surface area contributed by atoms with Gasteiger partial charge in [0.25, 0.3) is 6.47 Å². The predicted octanol–water partition coefficient (Wildman–Crippen LogP) is 3.97. The Morgan fingerprint density at radius 1 is 1.17 bits per heavy atom. The molecule has 3 atom stereocenters. The molecule has 1 heterocycles. The highest BCUT2D eigenvalue weighted by molar-refractivity contribution is 5.86. The van der Waals surface area contributed by atoms with Gasteiger partial charge in [0.05, 0.1) is 0 Å². The fourth-order valence-electron chi connectivity index (χ4n) is 4.49. The monoisotopic (exact) mass is 413 g/mol. The zero-order chi connectivity index (χ0) is 20.9. The van der Waals surface area contributed by atoms with Crippen molar-refractivity contribution in [1.29, 1.82) is 0 Å². The summed E-state index contributed by atoms with van der Waals surface area (Å²) in [6.07, 6.45) is -0.417. The molecule has 8 heteroatoms. The summed E-state index contributed by atoms with van der Waals surface area (Å²) in [5.74, 6) is -0.00988. The first-order valence-corrected chi connectivity index (χ1v) is 10.0. The number of hydrogen-bond acceptors (Lipinski definition) is 5. The van der Waals surface area contributed by atoms with Crippen LogP contribution in [0.2, 0.25) is 0 Å². The van der Waals surface area contributed by atoms with Crippen LogP contribution in [0, 0.1) is 11.8 Å². The standard InChI is InChI=1S/C21H26F3NO4/c22-21(23,24)29-18-7-5-15(6-8-18)17-9-14(11-25-12-17)10-19(28-13-26)20(27)16-3-1-2-4-16/h5-8,13-14,16-17,19,25H,1-4,9-12H2. The average molecular weight is 413 g/mol. The van der Waals surface area contributed by atoms with E-state index in [1.807, 2.05) is 0 Å². The van der Waals surface area contributed by atoms with Crippen LogP contribution in [0.15, 0.2) is 24.3 Å². The van der Waals surface area contributed by atoms with Crippen LogP contribution in [-0.4, -0.2) is 37.8 Å². The Bertz CT molecular complexity index is 686. The number of piperidine rings is 1. The lowest BCUT2D eigenvalue weighted by Crippen LogP contribution is -2.39. The summed E-state index contributed by atoms with van der Waals surface area (Å²) >= 11 is 0. The second-order valence-corrected chi connectivity index (χ2v) is 7.91. The van der Waals surface area contributed by atoms with Gasteiger partial charge in [0.2, 0.25) is 0 Å². The van der Waals surface area contributed by atoms with Crippen molar-refractivity contribution in [3.63, 3.8) is 0 Å². The maximum Gasteiger partial charge on any atom is 0.573 e.